The fourth-order valence-corrected chi connectivity index (χ4v) is 6.18. The molecule has 0 bridgehead atoms. The first-order chi connectivity index (χ1) is 14.8. The molecule has 1 aliphatic heterocycles. The topological polar surface area (TPSA) is 75.7 Å². The van der Waals surface area contributed by atoms with Crippen molar-refractivity contribution < 1.29 is 17.9 Å². The Kier molecular flexibility index (Phi) is 6.07. The number of hydrogen-bond acceptors (Lipinski definition) is 5. The number of carbonyl (C=O) groups excluding carboxylic acids is 1. The van der Waals surface area contributed by atoms with Crippen molar-refractivity contribution in [1.82, 2.24) is 4.72 Å². The molecule has 1 atom stereocenters. The van der Waals surface area contributed by atoms with E-state index in [1.807, 2.05) is 25.1 Å². The fraction of sp³-hybridized carbons (Fsp3) is 0.227. The molecule has 1 amide bonds. The molecule has 3 aromatic rings. The third-order valence-corrected chi connectivity index (χ3v) is 8.33. The first-order valence-corrected chi connectivity index (χ1v) is 12.3. The number of fused-ring (bicyclic) bond motifs is 1. The molecule has 6 nitrogen and oxygen atoms in total. The molecule has 31 heavy (non-hydrogen) atoms. The van der Waals surface area contributed by atoms with Crippen molar-refractivity contribution in [2.24, 2.45) is 0 Å². The molecule has 9 heteroatoms. The Morgan fingerprint density at radius 1 is 1.19 bits per heavy atom. The van der Waals surface area contributed by atoms with E-state index in [0.717, 1.165) is 34.6 Å². The van der Waals surface area contributed by atoms with Gasteiger partial charge >= 0.3 is 0 Å². The van der Waals surface area contributed by atoms with Gasteiger partial charge in [-0.25, -0.2) is 13.1 Å². The second-order valence-corrected chi connectivity index (χ2v) is 11.0. The van der Waals surface area contributed by atoms with Crippen molar-refractivity contribution in [3.63, 3.8) is 0 Å². The van der Waals surface area contributed by atoms with Gasteiger partial charge in [-0.15, -0.1) is 11.3 Å². The van der Waals surface area contributed by atoms with E-state index in [-0.39, 0.29) is 22.7 Å². The number of thiophene rings is 1. The quantitative estimate of drug-likeness (QED) is 0.569. The predicted octanol–water partition coefficient (Wildman–Crippen LogP) is 4.48. The Hall–Kier alpha value is -2.39. The smallest absolute Gasteiger partial charge is 0.258 e. The molecule has 0 spiro atoms. The van der Waals surface area contributed by atoms with Crippen LogP contribution in [-0.2, 0) is 23.0 Å². The molecule has 162 valence electrons. The standard InChI is InChI=1S/C22H21ClN2O4S2/c1-14-11-17-4-3-15(13-24-31(27,28)21-10-9-20(23)30-21)12-19(17)25(14)22(26)16-5-7-18(29-2)8-6-16/h3-10,12,14,24H,11,13H2,1-2H3/t14-/m0/s1. The zero-order chi connectivity index (χ0) is 22.2. The lowest BCUT2D eigenvalue weighted by Gasteiger charge is -2.23. The van der Waals surface area contributed by atoms with E-state index in [2.05, 4.69) is 4.72 Å². The second kappa shape index (κ2) is 8.63. The number of ether oxygens (including phenoxy) is 1. The molecular weight excluding hydrogens is 456 g/mol. The Balaban J connectivity index is 1.55. The fourth-order valence-electron chi connectivity index (χ4n) is 3.64. The maximum Gasteiger partial charge on any atom is 0.258 e. The zero-order valence-corrected chi connectivity index (χ0v) is 19.4. The highest BCUT2D eigenvalue weighted by molar-refractivity contribution is 7.91. The Labute approximate surface area is 190 Å². The van der Waals surface area contributed by atoms with Crippen LogP contribution in [0, 0.1) is 0 Å². The third kappa shape index (κ3) is 4.48. The first kappa shape index (κ1) is 21.8. The Bertz CT molecular complexity index is 1220. The number of benzene rings is 2. The van der Waals surface area contributed by atoms with E-state index in [1.54, 1.807) is 42.3 Å². The van der Waals surface area contributed by atoms with Crippen LogP contribution in [0.3, 0.4) is 0 Å². The average Bonchev–Trinajstić information content (AvgIpc) is 3.34. The van der Waals surface area contributed by atoms with E-state index in [1.165, 1.54) is 6.07 Å². The van der Waals surface area contributed by atoms with E-state index < -0.39 is 10.0 Å². The van der Waals surface area contributed by atoms with Gasteiger partial charge in [-0.3, -0.25) is 4.79 Å². The van der Waals surface area contributed by atoms with Crippen LogP contribution in [0.2, 0.25) is 4.34 Å². The van der Waals surface area contributed by atoms with Crippen molar-refractivity contribution in [3.8, 4) is 5.75 Å². The minimum absolute atomic E-state index is 0.00445. The van der Waals surface area contributed by atoms with Crippen LogP contribution >= 0.6 is 22.9 Å². The summed E-state index contributed by atoms with van der Waals surface area (Å²) in [6.07, 6.45) is 0.747. The maximum atomic E-state index is 13.2. The van der Waals surface area contributed by atoms with Crippen LogP contribution in [-0.4, -0.2) is 27.5 Å². The van der Waals surface area contributed by atoms with Crippen molar-refractivity contribution in [2.45, 2.75) is 30.1 Å². The van der Waals surface area contributed by atoms with Crippen LogP contribution < -0.4 is 14.4 Å². The number of amides is 1. The lowest BCUT2D eigenvalue weighted by atomic mass is 10.1. The molecule has 4 rings (SSSR count). The van der Waals surface area contributed by atoms with Gasteiger partial charge in [0, 0.05) is 23.8 Å². The number of rotatable bonds is 6. The summed E-state index contributed by atoms with van der Waals surface area (Å²) in [6.45, 7) is 2.12. The molecule has 1 aromatic heterocycles. The Morgan fingerprint density at radius 3 is 2.58 bits per heavy atom. The van der Waals surface area contributed by atoms with Gasteiger partial charge in [-0.05, 0) is 66.9 Å². The molecule has 0 radical (unpaired) electrons. The number of methoxy groups -OCH3 is 1. The molecular formula is C22H21ClN2O4S2. The molecule has 2 heterocycles. The van der Waals surface area contributed by atoms with E-state index in [4.69, 9.17) is 16.3 Å². The highest BCUT2D eigenvalue weighted by Gasteiger charge is 2.32. The predicted molar refractivity (Wildman–Crippen MR) is 123 cm³/mol. The average molecular weight is 477 g/mol. The van der Waals surface area contributed by atoms with Gasteiger partial charge in [0.1, 0.15) is 9.96 Å². The van der Waals surface area contributed by atoms with E-state index in [9.17, 15) is 13.2 Å². The SMILES string of the molecule is COc1ccc(C(=O)N2c3cc(CNS(=O)(=O)c4ccc(Cl)s4)ccc3C[C@@H]2C)cc1. The summed E-state index contributed by atoms with van der Waals surface area (Å²) in [6, 6.07) is 15.8. The summed E-state index contributed by atoms with van der Waals surface area (Å²) in [7, 11) is -2.07. The summed E-state index contributed by atoms with van der Waals surface area (Å²) in [4.78, 5) is 15.0. The largest absolute Gasteiger partial charge is 0.497 e. The first-order valence-electron chi connectivity index (χ1n) is 9.63. The normalized spacial score (nSPS) is 15.7. The molecule has 0 unspecified atom stereocenters. The Morgan fingerprint density at radius 2 is 1.94 bits per heavy atom. The summed E-state index contributed by atoms with van der Waals surface area (Å²) in [5.74, 6) is 0.591. The number of nitrogens with zero attached hydrogens (tertiary/aromatic N) is 1. The number of sulfonamides is 1. The zero-order valence-electron chi connectivity index (χ0n) is 17.0. The van der Waals surface area contributed by atoms with Crippen molar-refractivity contribution in [2.75, 3.05) is 12.0 Å². The van der Waals surface area contributed by atoms with Crippen molar-refractivity contribution in [1.29, 1.82) is 0 Å². The summed E-state index contributed by atoms with van der Waals surface area (Å²) < 4.78 is 33.3. The monoisotopic (exact) mass is 476 g/mol. The van der Waals surface area contributed by atoms with Crippen molar-refractivity contribution in [3.05, 3.63) is 75.6 Å². The number of anilines is 1. The van der Waals surface area contributed by atoms with E-state index in [0.29, 0.717) is 15.6 Å². The molecule has 0 saturated carbocycles. The maximum absolute atomic E-state index is 13.2. The number of hydrogen-bond donors (Lipinski definition) is 1. The van der Waals surface area contributed by atoms with Crippen LogP contribution in [0.1, 0.15) is 28.4 Å². The number of carbonyl (C=O) groups is 1. The van der Waals surface area contributed by atoms with E-state index >= 15 is 0 Å². The minimum Gasteiger partial charge on any atom is -0.497 e. The van der Waals surface area contributed by atoms with Crippen LogP contribution in [0.5, 0.6) is 5.75 Å². The van der Waals surface area contributed by atoms with Gasteiger partial charge in [0.25, 0.3) is 5.91 Å². The molecule has 1 aliphatic rings. The molecule has 0 aliphatic carbocycles. The third-order valence-electron chi connectivity index (χ3n) is 5.20. The molecule has 1 N–H and O–H groups in total. The van der Waals surface area contributed by atoms with Gasteiger partial charge in [-0.2, -0.15) is 0 Å². The van der Waals surface area contributed by atoms with Gasteiger partial charge in [0.05, 0.1) is 11.4 Å². The summed E-state index contributed by atoms with van der Waals surface area (Å²) in [5.41, 5.74) is 3.21. The number of halogens is 1. The van der Waals surface area contributed by atoms with Gasteiger partial charge in [0.2, 0.25) is 10.0 Å². The minimum atomic E-state index is -3.65. The molecule has 0 saturated heterocycles. The molecule has 0 fully saturated rings. The van der Waals surface area contributed by atoms with Crippen molar-refractivity contribution >= 4 is 44.6 Å². The van der Waals surface area contributed by atoms with Gasteiger partial charge in [-0.1, -0.05) is 23.7 Å². The number of nitrogens with one attached hydrogen (secondary N) is 1. The van der Waals surface area contributed by atoms with Crippen LogP contribution in [0.15, 0.2) is 58.8 Å². The second-order valence-electron chi connectivity index (χ2n) is 7.30. The lowest BCUT2D eigenvalue weighted by molar-refractivity contribution is 0.0981. The summed E-state index contributed by atoms with van der Waals surface area (Å²) >= 11 is 6.86. The van der Waals surface area contributed by atoms with Crippen LogP contribution in [0.4, 0.5) is 5.69 Å². The summed E-state index contributed by atoms with van der Waals surface area (Å²) in [5, 5.41) is 0. The van der Waals surface area contributed by atoms with Gasteiger partial charge in [0.15, 0.2) is 0 Å². The van der Waals surface area contributed by atoms with Crippen LogP contribution in [0.25, 0.3) is 0 Å². The highest BCUT2D eigenvalue weighted by Crippen LogP contribution is 2.34. The van der Waals surface area contributed by atoms with Gasteiger partial charge < -0.3 is 9.64 Å². The molecule has 2 aromatic carbocycles. The lowest BCUT2D eigenvalue weighted by Crippen LogP contribution is -2.35. The highest BCUT2D eigenvalue weighted by atomic mass is 35.5.